The van der Waals surface area contributed by atoms with E-state index in [0.29, 0.717) is 5.02 Å². The lowest BCUT2D eigenvalue weighted by Crippen LogP contribution is -2.07. The molecule has 0 aliphatic carbocycles. The molecule has 1 aromatic rings. The summed E-state index contributed by atoms with van der Waals surface area (Å²) in [6, 6.07) is 7.34. The Balaban J connectivity index is 2.59. The molecule has 0 heterocycles. The molecule has 0 saturated carbocycles. The first-order chi connectivity index (χ1) is 6.18. The molecule has 0 fully saturated rings. The summed E-state index contributed by atoms with van der Waals surface area (Å²) >= 11 is 5.70. The lowest BCUT2D eigenvalue weighted by Gasteiger charge is -1.92. The Labute approximate surface area is 82.0 Å². The zero-order valence-electron chi connectivity index (χ0n) is 7.03. The van der Waals surface area contributed by atoms with Crippen molar-refractivity contribution in [3.05, 3.63) is 40.9 Å². The Morgan fingerprint density at radius 2 is 2.00 bits per heavy atom. The molecule has 68 valence electrons. The van der Waals surface area contributed by atoms with Gasteiger partial charge in [0, 0.05) is 11.4 Å². The highest BCUT2D eigenvalue weighted by atomic mass is 35.5. The Morgan fingerprint density at radius 1 is 1.38 bits per heavy atom. The van der Waals surface area contributed by atoms with Crippen molar-refractivity contribution in [2.75, 3.05) is 0 Å². The van der Waals surface area contributed by atoms with Crippen LogP contribution in [0.4, 0.5) is 0 Å². The van der Waals surface area contributed by atoms with Crippen molar-refractivity contribution in [1.82, 2.24) is 0 Å². The molecule has 0 bridgehead atoms. The zero-order chi connectivity index (χ0) is 9.68. The van der Waals surface area contributed by atoms with Crippen LogP contribution in [0, 0.1) is 0 Å². The third kappa shape index (κ3) is 3.76. The normalized spacial score (nSPS) is 10.5. The fraction of sp³-hybridized carbons (Fsp3) is 0.100. The van der Waals surface area contributed by atoms with Gasteiger partial charge in [0.2, 0.25) is 5.91 Å². The minimum absolute atomic E-state index is 0.266. The Kier molecular flexibility index (Phi) is 3.53. The SMILES string of the molecule is NC(=O)C/C=C/c1ccc(Cl)cc1. The minimum atomic E-state index is -0.329. The lowest BCUT2D eigenvalue weighted by molar-refractivity contribution is -0.117. The van der Waals surface area contributed by atoms with E-state index in [2.05, 4.69) is 0 Å². The summed E-state index contributed by atoms with van der Waals surface area (Å²) in [6.45, 7) is 0. The molecule has 2 N–H and O–H groups in total. The highest BCUT2D eigenvalue weighted by molar-refractivity contribution is 6.30. The molecule has 1 rings (SSSR count). The third-order valence-corrected chi connectivity index (χ3v) is 1.75. The second-order valence-electron chi connectivity index (χ2n) is 2.62. The van der Waals surface area contributed by atoms with Crippen LogP contribution in [0.25, 0.3) is 6.08 Å². The van der Waals surface area contributed by atoms with Gasteiger partial charge in [-0.25, -0.2) is 0 Å². The number of hydrogen-bond donors (Lipinski definition) is 1. The van der Waals surface area contributed by atoms with Crippen LogP contribution >= 0.6 is 11.6 Å². The molecular weight excluding hydrogens is 186 g/mol. The molecule has 0 aromatic heterocycles. The van der Waals surface area contributed by atoms with Crippen molar-refractivity contribution >= 4 is 23.6 Å². The summed E-state index contributed by atoms with van der Waals surface area (Å²) in [5, 5.41) is 0.701. The molecule has 0 spiro atoms. The second-order valence-corrected chi connectivity index (χ2v) is 3.06. The summed E-state index contributed by atoms with van der Waals surface area (Å²) in [7, 11) is 0. The van der Waals surface area contributed by atoms with Crippen LogP contribution < -0.4 is 5.73 Å². The van der Waals surface area contributed by atoms with Gasteiger partial charge in [-0.2, -0.15) is 0 Å². The first kappa shape index (κ1) is 9.81. The second kappa shape index (κ2) is 4.67. The van der Waals surface area contributed by atoms with E-state index in [0.717, 1.165) is 5.56 Å². The molecule has 3 heteroatoms. The van der Waals surface area contributed by atoms with Crippen molar-refractivity contribution in [2.24, 2.45) is 5.73 Å². The molecule has 0 unspecified atom stereocenters. The van der Waals surface area contributed by atoms with Crippen molar-refractivity contribution in [3.8, 4) is 0 Å². The number of rotatable bonds is 3. The lowest BCUT2D eigenvalue weighted by atomic mass is 10.2. The maximum atomic E-state index is 10.4. The van der Waals surface area contributed by atoms with Gasteiger partial charge in [0.05, 0.1) is 0 Å². The molecule has 0 saturated heterocycles. The molecular formula is C10H10ClNO. The van der Waals surface area contributed by atoms with Crippen LogP contribution in [0.15, 0.2) is 30.3 Å². The van der Waals surface area contributed by atoms with Gasteiger partial charge >= 0.3 is 0 Å². The van der Waals surface area contributed by atoms with Crippen molar-refractivity contribution < 1.29 is 4.79 Å². The van der Waals surface area contributed by atoms with Crippen LogP contribution in [-0.2, 0) is 4.79 Å². The number of halogens is 1. The van der Waals surface area contributed by atoms with E-state index in [1.807, 2.05) is 18.2 Å². The van der Waals surface area contributed by atoms with Gasteiger partial charge < -0.3 is 5.73 Å². The van der Waals surface area contributed by atoms with E-state index in [1.54, 1.807) is 18.2 Å². The van der Waals surface area contributed by atoms with Crippen LogP contribution in [0.1, 0.15) is 12.0 Å². The molecule has 1 amide bonds. The van der Waals surface area contributed by atoms with Gasteiger partial charge in [-0.1, -0.05) is 35.9 Å². The monoisotopic (exact) mass is 195 g/mol. The topological polar surface area (TPSA) is 43.1 Å². The summed E-state index contributed by atoms with van der Waals surface area (Å²) in [5.41, 5.74) is 5.97. The predicted octanol–water partition coefficient (Wildman–Crippen LogP) is 2.23. The van der Waals surface area contributed by atoms with Gasteiger partial charge in [0.1, 0.15) is 0 Å². The van der Waals surface area contributed by atoms with Gasteiger partial charge in [-0.3, -0.25) is 4.79 Å². The van der Waals surface area contributed by atoms with Gasteiger partial charge in [0.15, 0.2) is 0 Å². The van der Waals surface area contributed by atoms with E-state index in [-0.39, 0.29) is 12.3 Å². The summed E-state index contributed by atoms with van der Waals surface area (Å²) in [4.78, 5) is 10.4. The van der Waals surface area contributed by atoms with Crippen LogP contribution in [-0.4, -0.2) is 5.91 Å². The van der Waals surface area contributed by atoms with Crippen molar-refractivity contribution in [1.29, 1.82) is 0 Å². The maximum absolute atomic E-state index is 10.4. The number of nitrogens with two attached hydrogens (primary N) is 1. The Hall–Kier alpha value is -1.28. The summed E-state index contributed by atoms with van der Waals surface area (Å²) in [6.07, 6.45) is 3.83. The fourth-order valence-corrected chi connectivity index (χ4v) is 1.01. The smallest absolute Gasteiger partial charge is 0.221 e. The largest absolute Gasteiger partial charge is 0.369 e. The van der Waals surface area contributed by atoms with E-state index in [9.17, 15) is 4.79 Å². The van der Waals surface area contributed by atoms with E-state index < -0.39 is 0 Å². The fourth-order valence-electron chi connectivity index (χ4n) is 0.885. The first-order valence-corrected chi connectivity index (χ1v) is 4.26. The van der Waals surface area contributed by atoms with E-state index in [1.165, 1.54) is 0 Å². The number of primary amides is 1. The average Bonchev–Trinajstić information content (AvgIpc) is 2.08. The molecule has 0 radical (unpaired) electrons. The van der Waals surface area contributed by atoms with E-state index >= 15 is 0 Å². The van der Waals surface area contributed by atoms with Crippen LogP contribution in [0.5, 0.6) is 0 Å². The molecule has 0 aliphatic rings. The first-order valence-electron chi connectivity index (χ1n) is 3.89. The number of carbonyl (C=O) groups excluding carboxylic acids is 1. The number of amides is 1. The number of hydrogen-bond acceptors (Lipinski definition) is 1. The van der Waals surface area contributed by atoms with Gasteiger partial charge in [-0.15, -0.1) is 0 Å². The minimum Gasteiger partial charge on any atom is -0.369 e. The molecule has 2 nitrogen and oxygen atoms in total. The highest BCUT2D eigenvalue weighted by Gasteiger charge is 1.89. The van der Waals surface area contributed by atoms with Crippen molar-refractivity contribution in [3.63, 3.8) is 0 Å². The molecule has 0 aliphatic heterocycles. The van der Waals surface area contributed by atoms with Crippen molar-refractivity contribution in [2.45, 2.75) is 6.42 Å². The summed E-state index contributed by atoms with van der Waals surface area (Å²) in [5.74, 6) is -0.329. The zero-order valence-corrected chi connectivity index (χ0v) is 7.79. The molecule has 1 aromatic carbocycles. The third-order valence-electron chi connectivity index (χ3n) is 1.50. The quantitative estimate of drug-likeness (QED) is 0.790. The van der Waals surface area contributed by atoms with Crippen LogP contribution in [0.3, 0.4) is 0 Å². The Morgan fingerprint density at radius 3 is 2.54 bits per heavy atom. The molecule has 0 atom stereocenters. The maximum Gasteiger partial charge on any atom is 0.221 e. The summed E-state index contributed by atoms with van der Waals surface area (Å²) < 4.78 is 0. The van der Waals surface area contributed by atoms with Gasteiger partial charge in [-0.05, 0) is 17.7 Å². The number of benzene rings is 1. The molecule has 13 heavy (non-hydrogen) atoms. The van der Waals surface area contributed by atoms with E-state index in [4.69, 9.17) is 17.3 Å². The Bertz CT molecular complexity index is 316. The average molecular weight is 196 g/mol. The number of carbonyl (C=O) groups is 1. The highest BCUT2D eigenvalue weighted by Crippen LogP contribution is 2.10. The standard InChI is InChI=1S/C10H10ClNO/c11-9-6-4-8(5-7-9)2-1-3-10(12)13/h1-2,4-7H,3H2,(H2,12,13)/b2-1+. The van der Waals surface area contributed by atoms with Gasteiger partial charge in [0.25, 0.3) is 0 Å². The predicted molar refractivity (Wildman–Crippen MR) is 54.3 cm³/mol. The van der Waals surface area contributed by atoms with Crippen LogP contribution in [0.2, 0.25) is 5.02 Å².